The van der Waals surface area contributed by atoms with Crippen molar-refractivity contribution in [3.63, 3.8) is 0 Å². The van der Waals surface area contributed by atoms with E-state index in [2.05, 4.69) is 10.4 Å². The average molecular weight is 362 g/mol. The van der Waals surface area contributed by atoms with Crippen molar-refractivity contribution < 1.29 is 14.7 Å². The minimum Gasteiger partial charge on any atom is -0.481 e. The van der Waals surface area contributed by atoms with E-state index < -0.39 is 11.9 Å². The summed E-state index contributed by atoms with van der Waals surface area (Å²) >= 11 is 5.84. The second-order valence-corrected chi connectivity index (χ2v) is 6.91. The third kappa shape index (κ3) is 4.39. The zero-order valence-corrected chi connectivity index (χ0v) is 14.6. The Morgan fingerprint density at radius 2 is 2.08 bits per heavy atom. The van der Waals surface area contributed by atoms with Gasteiger partial charge in [0.05, 0.1) is 11.6 Å². The molecule has 2 aromatic rings. The van der Waals surface area contributed by atoms with Crippen molar-refractivity contribution in [3.8, 4) is 0 Å². The van der Waals surface area contributed by atoms with Crippen LogP contribution in [-0.2, 0) is 23.1 Å². The van der Waals surface area contributed by atoms with Gasteiger partial charge in [-0.25, -0.2) is 0 Å². The molecule has 1 amide bonds. The molecule has 1 unspecified atom stereocenters. The van der Waals surface area contributed by atoms with Crippen LogP contribution in [0.1, 0.15) is 23.6 Å². The lowest BCUT2D eigenvalue weighted by Gasteiger charge is -2.13. The highest BCUT2D eigenvalue weighted by atomic mass is 35.5. The number of nitrogens with one attached hydrogen (secondary N) is 1. The molecule has 1 heterocycles. The quantitative estimate of drug-likeness (QED) is 0.792. The molecule has 3 rings (SSSR count). The lowest BCUT2D eigenvalue weighted by Crippen LogP contribution is -2.35. The highest BCUT2D eigenvalue weighted by molar-refractivity contribution is 6.30. The molecule has 6 nitrogen and oxygen atoms in total. The number of aliphatic carboxylic acids is 1. The SMILES string of the molecule is Cn1ccc([C@@H]2C[C@H]2C(=O)NCC(Cc2ccc(Cl)cc2)C(=O)O)n1. The summed E-state index contributed by atoms with van der Waals surface area (Å²) in [6.45, 7) is 0.113. The minimum atomic E-state index is -0.924. The molecule has 0 bridgehead atoms. The monoisotopic (exact) mass is 361 g/mol. The van der Waals surface area contributed by atoms with Gasteiger partial charge < -0.3 is 10.4 Å². The number of halogens is 1. The predicted octanol–water partition coefficient (Wildman–Crippen LogP) is 2.24. The molecule has 0 radical (unpaired) electrons. The lowest BCUT2D eigenvalue weighted by atomic mass is 9.99. The van der Waals surface area contributed by atoms with Gasteiger partial charge in [0.1, 0.15) is 0 Å². The molecule has 1 aliphatic carbocycles. The van der Waals surface area contributed by atoms with Crippen molar-refractivity contribution in [1.29, 1.82) is 0 Å². The van der Waals surface area contributed by atoms with E-state index in [1.807, 2.05) is 19.3 Å². The van der Waals surface area contributed by atoms with E-state index in [0.29, 0.717) is 11.4 Å². The highest BCUT2D eigenvalue weighted by Crippen LogP contribution is 2.46. The topological polar surface area (TPSA) is 84.2 Å². The Bertz CT molecular complexity index is 772. The predicted molar refractivity (Wildman–Crippen MR) is 93.3 cm³/mol. The maximum atomic E-state index is 12.3. The van der Waals surface area contributed by atoms with Gasteiger partial charge >= 0.3 is 5.97 Å². The van der Waals surface area contributed by atoms with Crippen LogP contribution >= 0.6 is 11.6 Å². The fourth-order valence-corrected chi connectivity index (χ4v) is 3.08. The Balaban J connectivity index is 1.52. The Morgan fingerprint density at radius 3 is 2.68 bits per heavy atom. The van der Waals surface area contributed by atoms with Crippen molar-refractivity contribution in [2.75, 3.05) is 6.54 Å². The van der Waals surface area contributed by atoms with Crippen molar-refractivity contribution in [3.05, 3.63) is 52.8 Å². The number of aryl methyl sites for hydroxylation is 1. The van der Waals surface area contributed by atoms with Crippen LogP contribution in [0.4, 0.5) is 0 Å². The van der Waals surface area contributed by atoms with Crippen LogP contribution < -0.4 is 5.32 Å². The second-order valence-electron chi connectivity index (χ2n) is 6.47. The number of carboxylic acids is 1. The smallest absolute Gasteiger partial charge is 0.308 e. The number of hydrogen-bond donors (Lipinski definition) is 2. The molecular formula is C18H20ClN3O3. The number of aromatic nitrogens is 2. The molecule has 1 aliphatic rings. The Labute approximate surface area is 150 Å². The first-order chi connectivity index (χ1) is 11.9. The normalized spacial score (nSPS) is 20.1. The molecule has 2 N–H and O–H groups in total. The Hall–Kier alpha value is -2.34. The molecule has 3 atom stereocenters. The summed E-state index contributed by atoms with van der Waals surface area (Å²) in [7, 11) is 1.84. The molecule has 1 aromatic carbocycles. The van der Waals surface area contributed by atoms with Crippen LogP contribution in [-0.4, -0.2) is 33.3 Å². The maximum absolute atomic E-state index is 12.3. The molecule has 1 fully saturated rings. The summed E-state index contributed by atoms with van der Waals surface area (Å²) in [6.07, 6.45) is 2.97. The first-order valence-electron chi connectivity index (χ1n) is 8.18. The average Bonchev–Trinajstić information content (AvgIpc) is 3.27. The second kappa shape index (κ2) is 7.27. The van der Waals surface area contributed by atoms with Crippen LogP contribution in [0.3, 0.4) is 0 Å². The number of carbonyl (C=O) groups is 2. The van der Waals surface area contributed by atoms with E-state index in [0.717, 1.165) is 17.7 Å². The Morgan fingerprint density at radius 1 is 1.36 bits per heavy atom. The van der Waals surface area contributed by atoms with E-state index in [1.54, 1.807) is 28.9 Å². The number of benzene rings is 1. The number of amides is 1. The van der Waals surface area contributed by atoms with Crippen molar-refractivity contribution >= 4 is 23.5 Å². The number of carbonyl (C=O) groups excluding carboxylic acids is 1. The van der Waals surface area contributed by atoms with Gasteiger partial charge in [-0.2, -0.15) is 5.10 Å². The molecule has 1 aromatic heterocycles. The third-order valence-corrected chi connectivity index (χ3v) is 4.76. The molecule has 7 heteroatoms. The van der Waals surface area contributed by atoms with Gasteiger partial charge in [0, 0.05) is 36.6 Å². The molecule has 0 aliphatic heterocycles. The van der Waals surface area contributed by atoms with E-state index in [-0.39, 0.29) is 24.3 Å². The molecular weight excluding hydrogens is 342 g/mol. The zero-order valence-electron chi connectivity index (χ0n) is 13.9. The molecule has 25 heavy (non-hydrogen) atoms. The summed E-state index contributed by atoms with van der Waals surface area (Å²) in [5, 5.41) is 17.1. The Kier molecular flexibility index (Phi) is 5.08. The third-order valence-electron chi connectivity index (χ3n) is 4.51. The lowest BCUT2D eigenvalue weighted by molar-refractivity contribution is -0.141. The zero-order chi connectivity index (χ0) is 18.0. The van der Waals surface area contributed by atoms with E-state index in [4.69, 9.17) is 11.6 Å². The van der Waals surface area contributed by atoms with Gasteiger partial charge in [-0.3, -0.25) is 14.3 Å². The number of hydrogen-bond acceptors (Lipinski definition) is 3. The fourth-order valence-electron chi connectivity index (χ4n) is 2.95. The molecule has 132 valence electrons. The number of rotatable bonds is 7. The summed E-state index contributed by atoms with van der Waals surface area (Å²) in [5.74, 6) is -1.66. The van der Waals surface area contributed by atoms with Crippen molar-refractivity contribution in [2.45, 2.75) is 18.8 Å². The molecule has 0 saturated heterocycles. The first kappa shape index (κ1) is 17.5. The number of nitrogens with zero attached hydrogens (tertiary/aromatic N) is 2. The van der Waals surface area contributed by atoms with Gasteiger partial charge in [-0.1, -0.05) is 23.7 Å². The van der Waals surface area contributed by atoms with Crippen LogP contribution in [0, 0.1) is 11.8 Å². The molecule has 1 saturated carbocycles. The standard InChI is InChI=1S/C18H20ClN3O3/c1-22-7-6-16(21-22)14-9-15(14)17(23)20-10-12(18(24)25)8-11-2-4-13(19)5-3-11/h2-7,12,14-15H,8-10H2,1H3,(H,20,23)(H,24,25)/t12?,14-,15-/m1/s1. The van der Waals surface area contributed by atoms with Gasteiger partial charge in [0.15, 0.2) is 0 Å². The van der Waals surface area contributed by atoms with Gasteiger partial charge in [-0.05, 0) is 36.6 Å². The van der Waals surface area contributed by atoms with Crippen LogP contribution in [0.5, 0.6) is 0 Å². The maximum Gasteiger partial charge on any atom is 0.308 e. The van der Waals surface area contributed by atoms with Crippen LogP contribution in [0.15, 0.2) is 36.5 Å². The van der Waals surface area contributed by atoms with Gasteiger partial charge in [-0.15, -0.1) is 0 Å². The van der Waals surface area contributed by atoms with E-state index in [9.17, 15) is 14.7 Å². The van der Waals surface area contributed by atoms with Gasteiger partial charge in [0.25, 0.3) is 0 Å². The summed E-state index contributed by atoms with van der Waals surface area (Å²) in [6, 6.07) is 8.99. The molecule has 0 spiro atoms. The van der Waals surface area contributed by atoms with Crippen LogP contribution in [0.2, 0.25) is 5.02 Å². The van der Waals surface area contributed by atoms with Crippen molar-refractivity contribution in [1.82, 2.24) is 15.1 Å². The first-order valence-corrected chi connectivity index (χ1v) is 8.56. The van der Waals surface area contributed by atoms with Crippen molar-refractivity contribution in [2.24, 2.45) is 18.9 Å². The fraction of sp³-hybridized carbons (Fsp3) is 0.389. The van der Waals surface area contributed by atoms with Gasteiger partial charge in [0.2, 0.25) is 5.91 Å². The summed E-state index contributed by atoms with van der Waals surface area (Å²) in [5.41, 5.74) is 1.79. The van der Waals surface area contributed by atoms with E-state index >= 15 is 0 Å². The minimum absolute atomic E-state index is 0.0991. The van der Waals surface area contributed by atoms with E-state index in [1.165, 1.54) is 0 Å². The summed E-state index contributed by atoms with van der Waals surface area (Å²) < 4.78 is 1.72. The number of carboxylic acid groups (broad SMARTS) is 1. The summed E-state index contributed by atoms with van der Waals surface area (Å²) in [4.78, 5) is 23.7. The highest BCUT2D eigenvalue weighted by Gasteiger charge is 2.45. The van der Waals surface area contributed by atoms with Crippen LogP contribution in [0.25, 0.3) is 0 Å². The largest absolute Gasteiger partial charge is 0.481 e.